The first kappa shape index (κ1) is 12.9. The predicted molar refractivity (Wildman–Crippen MR) is 67.1 cm³/mol. The minimum atomic E-state index is -3.38. The second kappa shape index (κ2) is 4.28. The zero-order chi connectivity index (χ0) is 13.5. The fourth-order valence-electron chi connectivity index (χ4n) is 2.21. The Morgan fingerprint density at radius 3 is 2.22 bits per heavy atom. The van der Waals surface area contributed by atoms with E-state index in [9.17, 15) is 13.2 Å². The Balaban J connectivity index is 2.34. The quantitative estimate of drug-likeness (QED) is 0.755. The number of benzene rings is 1. The summed E-state index contributed by atoms with van der Waals surface area (Å²) in [6, 6.07) is 6.67. The van der Waals surface area contributed by atoms with Gasteiger partial charge < -0.3 is 9.64 Å². The van der Waals surface area contributed by atoms with Crippen molar-refractivity contribution in [2.75, 3.05) is 20.4 Å². The van der Waals surface area contributed by atoms with Crippen molar-refractivity contribution in [3.8, 4) is 5.75 Å². The van der Waals surface area contributed by atoms with Crippen LogP contribution in [0.4, 0.5) is 0 Å². The van der Waals surface area contributed by atoms with Crippen LogP contribution in [0.5, 0.6) is 5.75 Å². The largest absolute Gasteiger partial charge is 0.497 e. The minimum Gasteiger partial charge on any atom is -0.497 e. The van der Waals surface area contributed by atoms with Crippen LogP contribution in [0.15, 0.2) is 24.3 Å². The number of likely N-dealkylation sites (tertiary alicyclic amines) is 1. The van der Waals surface area contributed by atoms with E-state index in [0.29, 0.717) is 5.75 Å². The van der Waals surface area contributed by atoms with Gasteiger partial charge in [-0.1, -0.05) is 12.1 Å². The highest BCUT2D eigenvalue weighted by molar-refractivity contribution is 7.92. The second-order valence-electron chi connectivity index (χ2n) is 4.42. The van der Waals surface area contributed by atoms with Crippen molar-refractivity contribution >= 4 is 15.7 Å². The van der Waals surface area contributed by atoms with E-state index in [0.717, 1.165) is 11.8 Å². The van der Waals surface area contributed by atoms with E-state index in [4.69, 9.17) is 4.74 Å². The summed E-state index contributed by atoms with van der Waals surface area (Å²) in [5.41, 5.74) is 0.799. The van der Waals surface area contributed by atoms with Gasteiger partial charge in [-0.3, -0.25) is 4.79 Å². The SMILES string of the molecule is COc1ccc([C@@H]2[C@H](S(C)(=O)=O)C(=O)N2C)cc1. The molecule has 0 aliphatic carbocycles. The Hall–Kier alpha value is -1.56. The average Bonchev–Trinajstić information content (AvgIpc) is 2.33. The van der Waals surface area contributed by atoms with E-state index in [1.807, 2.05) is 0 Å². The van der Waals surface area contributed by atoms with Gasteiger partial charge in [0.2, 0.25) is 5.91 Å². The van der Waals surface area contributed by atoms with E-state index < -0.39 is 21.1 Å². The third-order valence-corrected chi connectivity index (χ3v) is 4.60. The monoisotopic (exact) mass is 269 g/mol. The highest BCUT2D eigenvalue weighted by Crippen LogP contribution is 2.37. The topological polar surface area (TPSA) is 63.7 Å². The van der Waals surface area contributed by atoms with Crippen LogP contribution in [0, 0.1) is 0 Å². The van der Waals surface area contributed by atoms with Crippen molar-refractivity contribution in [1.29, 1.82) is 0 Å². The summed E-state index contributed by atoms with van der Waals surface area (Å²) < 4.78 is 28.3. The summed E-state index contributed by atoms with van der Waals surface area (Å²) >= 11 is 0. The number of carbonyl (C=O) groups is 1. The van der Waals surface area contributed by atoms with Crippen molar-refractivity contribution < 1.29 is 17.9 Å². The van der Waals surface area contributed by atoms with Crippen LogP contribution >= 0.6 is 0 Å². The van der Waals surface area contributed by atoms with Gasteiger partial charge in [-0.25, -0.2) is 8.42 Å². The first-order chi connectivity index (χ1) is 8.36. The lowest BCUT2D eigenvalue weighted by molar-refractivity contribution is -0.142. The van der Waals surface area contributed by atoms with Gasteiger partial charge in [-0.15, -0.1) is 0 Å². The number of rotatable bonds is 3. The van der Waals surface area contributed by atoms with Crippen molar-refractivity contribution in [3.63, 3.8) is 0 Å². The van der Waals surface area contributed by atoms with Crippen LogP contribution in [-0.2, 0) is 14.6 Å². The van der Waals surface area contributed by atoms with E-state index in [2.05, 4.69) is 0 Å². The highest BCUT2D eigenvalue weighted by Gasteiger charge is 2.51. The Morgan fingerprint density at radius 2 is 1.78 bits per heavy atom. The summed E-state index contributed by atoms with van der Waals surface area (Å²) in [6.45, 7) is 0. The maximum Gasteiger partial charge on any atom is 0.243 e. The molecule has 1 aliphatic heterocycles. The maximum absolute atomic E-state index is 11.6. The van der Waals surface area contributed by atoms with Gasteiger partial charge in [0.15, 0.2) is 15.1 Å². The third-order valence-electron chi connectivity index (χ3n) is 3.21. The zero-order valence-corrected chi connectivity index (χ0v) is 11.3. The Bertz CT molecular complexity index is 564. The molecule has 0 aromatic heterocycles. The molecule has 0 N–H and O–H groups in total. The molecule has 1 aliphatic rings. The van der Waals surface area contributed by atoms with Crippen LogP contribution < -0.4 is 4.74 Å². The molecule has 0 spiro atoms. The van der Waals surface area contributed by atoms with E-state index in [1.165, 1.54) is 4.90 Å². The van der Waals surface area contributed by atoms with E-state index in [1.54, 1.807) is 38.4 Å². The molecule has 2 rings (SSSR count). The van der Waals surface area contributed by atoms with Gasteiger partial charge in [-0.2, -0.15) is 0 Å². The summed E-state index contributed by atoms with van der Waals surface area (Å²) in [7, 11) is -0.211. The number of amides is 1. The highest BCUT2D eigenvalue weighted by atomic mass is 32.2. The number of ether oxygens (including phenoxy) is 1. The number of nitrogens with zero attached hydrogens (tertiary/aromatic N) is 1. The summed E-state index contributed by atoms with van der Waals surface area (Å²) in [4.78, 5) is 13.1. The Kier molecular flexibility index (Phi) is 3.06. The Morgan fingerprint density at radius 1 is 1.22 bits per heavy atom. The van der Waals surface area contributed by atoms with Crippen LogP contribution in [-0.4, -0.2) is 44.9 Å². The van der Waals surface area contributed by atoms with Crippen LogP contribution in [0.25, 0.3) is 0 Å². The molecule has 1 fully saturated rings. The van der Waals surface area contributed by atoms with E-state index in [-0.39, 0.29) is 5.91 Å². The number of sulfone groups is 1. The van der Waals surface area contributed by atoms with E-state index >= 15 is 0 Å². The van der Waals surface area contributed by atoms with Crippen molar-refractivity contribution in [1.82, 2.24) is 4.90 Å². The Labute approximate surface area is 106 Å². The molecule has 0 unspecified atom stereocenters. The number of methoxy groups -OCH3 is 1. The standard InChI is InChI=1S/C12H15NO4S/c1-13-10(11(12(13)14)18(3,15)16)8-4-6-9(17-2)7-5-8/h4-7,10-11H,1-3H3/t10-,11+/m1/s1. The molecule has 1 aromatic rings. The molecule has 0 bridgehead atoms. The first-order valence-corrected chi connectivity index (χ1v) is 7.41. The molecule has 0 saturated carbocycles. The molecule has 2 atom stereocenters. The molecule has 1 aromatic carbocycles. The smallest absolute Gasteiger partial charge is 0.243 e. The third kappa shape index (κ3) is 1.96. The van der Waals surface area contributed by atoms with Crippen LogP contribution in [0.1, 0.15) is 11.6 Å². The fraction of sp³-hybridized carbons (Fsp3) is 0.417. The molecule has 1 saturated heterocycles. The van der Waals surface area contributed by atoms with Crippen LogP contribution in [0.2, 0.25) is 0 Å². The molecule has 98 valence electrons. The zero-order valence-electron chi connectivity index (χ0n) is 10.5. The second-order valence-corrected chi connectivity index (χ2v) is 6.58. The maximum atomic E-state index is 11.6. The minimum absolute atomic E-state index is 0.349. The molecule has 6 heteroatoms. The van der Waals surface area contributed by atoms with Crippen molar-refractivity contribution in [3.05, 3.63) is 29.8 Å². The van der Waals surface area contributed by atoms with Crippen molar-refractivity contribution in [2.24, 2.45) is 0 Å². The average molecular weight is 269 g/mol. The lowest BCUT2D eigenvalue weighted by Gasteiger charge is -2.44. The molecule has 1 heterocycles. The first-order valence-electron chi connectivity index (χ1n) is 5.45. The number of carbonyl (C=O) groups excluding carboxylic acids is 1. The molecular weight excluding hydrogens is 254 g/mol. The predicted octanol–water partition coefficient (Wildman–Crippen LogP) is 0.621. The number of hydrogen-bond donors (Lipinski definition) is 0. The molecular formula is C12H15NO4S. The lowest BCUT2D eigenvalue weighted by atomic mass is 9.94. The summed E-state index contributed by atoms with van der Waals surface area (Å²) in [6.07, 6.45) is 1.10. The van der Waals surface area contributed by atoms with Crippen molar-refractivity contribution in [2.45, 2.75) is 11.3 Å². The number of β-lactam (4-membered cyclic amide) rings is 1. The van der Waals surface area contributed by atoms with Gasteiger partial charge >= 0.3 is 0 Å². The van der Waals surface area contributed by atoms with Gasteiger partial charge in [0.25, 0.3) is 0 Å². The summed E-state index contributed by atoms with van der Waals surface area (Å²) in [5, 5.41) is -0.962. The van der Waals surface area contributed by atoms with Gasteiger partial charge in [-0.05, 0) is 17.7 Å². The van der Waals surface area contributed by atoms with Gasteiger partial charge in [0.1, 0.15) is 5.75 Å². The fourth-order valence-corrected chi connectivity index (χ4v) is 3.55. The molecule has 1 amide bonds. The number of hydrogen-bond acceptors (Lipinski definition) is 4. The van der Waals surface area contributed by atoms with Crippen LogP contribution in [0.3, 0.4) is 0 Å². The normalized spacial score (nSPS) is 23.7. The molecule has 5 nitrogen and oxygen atoms in total. The summed E-state index contributed by atoms with van der Waals surface area (Å²) in [5.74, 6) is 0.348. The molecule has 18 heavy (non-hydrogen) atoms. The van der Waals surface area contributed by atoms with Gasteiger partial charge in [0.05, 0.1) is 13.2 Å². The van der Waals surface area contributed by atoms with Gasteiger partial charge in [0, 0.05) is 13.3 Å². The lowest BCUT2D eigenvalue weighted by Crippen LogP contribution is -2.59. The molecule has 0 radical (unpaired) electrons.